The van der Waals surface area contributed by atoms with Crippen LogP contribution in [-0.2, 0) is 17.9 Å². The van der Waals surface area contributed by atoms with Gasteiger partial charge in [0.1, 0.15) is 5.78 Å². The van der Waals surface area contributed by atoms with Crippen molar-refractivity contribution in [3.8, 4) is 0 Å². The molecular formula is C17H24N4O3. The number of hydrogen-bond acceptors (Lipinski definition) is 4. The predicted molar refractivity (Wildman–Crippen MR) is 91.3 cm³/mol. The Morgan fingerprint density at radius 3 is 2.62 bits per heavy atom. The van der Waals surface area contributed by atoms with E-state index < -0.39 is 0 Å². The van der Waals surface area contributed by atoms with Crippen LogP contribution in [0.5, 0.6) is 0 Å². The highest BCUT2D eigenvalue weighted by atomic mass is 16.2. The number of fused-ring (bicyclic) bond motifs is 1. The molecule has 7 heteroatoms. The summed E-state index contributed by atoms with van der Waals surface area (Å²) in [5, 5.41) is 0. The summed E-state index contributed by atoms with van der Waals surface area (Å²) in [6.07, 6.45) is 6.46. The van der Waals surface area contributed by atoms with Gasteiger partial charge in [0.15, 0.2) is 11.2 Å². The van der Waals surface area contributed by atoms with E-state index in [-0.39, 0.29) is 23.1 Å². The molecule has 0 bridgehead atoms. The van der Waals surface area contributed by atoms with Gasteiger partial charge in [0.25, 0.3) is 5.56 Å². The maximum Gasteiger partial charge on any atom is 0.332 e. The predicted octanol–water partition coefficient (Wildman–Crippen LogP) is 1.86. The minimum atomic E-state index is -0.252. The molecule has 0 saturated heterocycles. The van der Waals surface area contributed by atoms with E-state index in [2.05, 4.69) is 4.98 Å². The van der Waals surface area contributed by atoms with E-state index >= 15 is 0 Å². The molecule has 2 aromatic heterocycles. The van der Waals surface area contributed by atoms with Crippen molar-refractivity contribution in [2.24, 2.45) is 0 Å². The first kappa shape index (κ1) is 16.7. The third-order valence-electron chi connectivity index (χ3n) is 4.47. The fourth-order valence-electron chi connectivity index (χ4n) is 3.11. The summed E-state index contributed by atoms with van der Waals surface area (Å²) in [6.45, 7) is 4.60. The standard InChI is InChI=1S/C17H24N4O3/c1-3-9-20-16(23)14-15(21(17(20)24)13-7-8-13)18-11-19(14)10-5-4-6-12(2)22/h11,13H,3-10H2,1-2H3. The first-order valence-electron chi connectivity index (χ1n) is 8.74. The Morgan fingerprint density at radius 1 is 1.25 bits per heavy atom. The Hall–Kier alpha value is -2.18. The summed E-state index contributed by atoms with van der Waals surface area (Å²) in [4.78, 5) is 40.9. The number of Topliss-reactive ketones (excluding diaryl/α,β-unsaturated/α-hetero) is 1. The van der Waals surface area contributed by atoms with Gasteiger partial charge in [-0.3, -0.25) is 13.9 Å². The monoisotopic (exact) mass is 332 g/mol. The van der Waals surface area contributed by atoms with E-state index in [1.807, 2.05) is 11.5 Å². The van der Waals surface area contributed by atoms with Gasteiger partial charge in [-0.25, -0.2) is 9.78 Å². The number of carbonyl (C=O) groups is 1. The third-order valence-corrected chi connectivity index (χ3v) is 4.47. The molecule has 0 N–H and O–H groups in total. The number of carbonyl (C=O) groups excluding carboxylic acids is 1. The molecule has 0 spiro atoms. The molecule has 1 aliphatic rings. The zero-order valence-electron chi connectivity index (χ0n) is 14.3. The van der Waals surface area contributed by atoms with Crippen molar-refractivity contribution in [1.29, 1.82) is 0 Å². The van der Waals surface area contributed by atoms with E-state index in [0.29, 0.717) is 30.7 Å². The normalized spacial score (nSPS) is 14.4. The van der Waals surface area contributed by atoms with Crippen LogP contribution >= 0.6 is 0 Å². The minimum absolute atomic E-state index is 0.171. The first-order chi connectivity index (χ1) is 11.5. The minimum Gasteiger partial charge on any atom is -0.325 e. The van der Waals surface area contributed by atoms with Crippen LogP contribution in [0.4, 0.5) is 0 Å². The lowest BCUT2D eigenvalue weighted by Gasteiger charge is -2.11. The average molecular weight is 332 g/mol. The second-order valence-electron chi connectivity index (χ2n) is 6.61. The molecule has 130 valence electrons. The van der Waals surface area contributed by atoms with Crippen LogP contribution in [0, 0.1) is 0 Å². The smallest absolute Gasteiger partial charge is 0.325 e. The van der Waals surface area contributed by atoms with Crippen LogP contribution in [0.25, 0.3) is 11.2 Å². The van der Waals surface area contributed by atoms with E-state index in [1.165, 1.54) is 4.57 Å². The maximum atomic E-state index is 12.8. The fourth-order valence-corrected chi connectivity index (χ4v) is 3.11. The number of aryl methyl sites for hydroxylation is 1. The zero-order chi connectivity index (χ0) is 17.3. The van der Waals surface area contributed by atoms with E-state index in [9.17, 15) is 14.4 Å². The molecular weight excluding hydrogens is 308 g/mol. The van der Waals surface area contributed by atoms with Crippen LogP contribution < -0.4 is 11.2 Å². The number of aromatic nitrogens is 4. The molecule has 0 aromatic carbocycles. The van der Waals surface area contributed by atoms with Crippen LogP contribution in [0.1, 0.15) is 58.4 Å². The molecule has 2 heterocycles. The van der Waals surface area contributed by atoms with Crippen molar-refractivity contribution >= 4 is 16.9 Å². The Kier molecular flexibility index (Phi) is 4.69. The summed E-state index contributed by atoms with van der Waals surface area (Å²) in [7, 11) is 0. The SMILES string of the molecule is CCCn1c(=O)c2c(ncn2CCCCC(C)=O)n(C2CC2)c1=O. The topological polar surface area (TPSA) is 78.9 Å². The Morgan fingerprint density at radius 2 is 2.00 bits per heavy atom. The number of imidazole rings is 1. The first-order valence-corrected chi connectivity index (χ1v) is 8.74. The number of ketones is 1. The van der Waals surface area contributed by atoms with Gasteiger partial charge in [-0.1, -0.05) is 6.92 Å². The zero-order valence-corrected chi connectivity index (χ0v) is 14.3. The van der Waals surface area contributed by atoms with Crippen LogP contribution in [-0.4, -0.2) is 24.5 Å². The highest BCUT2D eigenvalue weighted by Crippen LogP contribution is 2.34. The Labute approximate surface area is 139 Å². The molecule has 0 unspecified atom stereocenters. The van der Waals surface area contributed by atoms with Crippen molar-refractivity contribution in [3.63, 3.8) is 0 Å². The maximum absolute atomic E-state index is 12.8. The summed E-state index contributed by atoms with van der Waals surface area (Å²) in [5.74, 6) is 0.179. The summed E-state index contributed by atoms with van der Waals surface area (Å²) >= 11 is 0. The van der Waals surface area contributed by atoms with Crippen molar-refractivity contribution < 1.29 is 4.79 Å². The lowest BCUT2D eigenvalue weighted by Crippen LogP contribution is -2.40. The number of hydrogen-bond donors (Lipinski definition) is 0. The molecule has 1 fully saturated rings. The van der Waals surface area contributed by atoms with Gasteiger partial charge in [0.2, 0.25) is 0 Å². The van der Waals surface area contributed by atoms with Crippen molar-refractivity contribution in [1.82, 2.24) is 18.7 Å². The number of unbranched alkanes of at least 4 members (excludes halogenated alkanes) is 1. The van der Waals surface area contributed by atoms with Crippen molar-refractivity contribution in [2.75, 3.05) is 0 Å². The highest BCUT2D eigenvalue weighted by molar-refractivity contribution is 5.75. The summed E-state index contributed by atoms with van der Waals surface area (Å²) in [6, 6.07) is 0.171. The molecule has 0 aliphatic heterocycles. The summed E-state index contributed by atoms with van der Waals surface area (Å²) in [5.41, 5.74) is 0.528. The molecule has 0 atom stereocenters. The molecule has 0 radical (unpaired) electrons. The van der Waals surface area contributed by atoms with Gasteiger partial charge in [-0.05, 0) is 39.0 Å². The van der Waals surface area contributed by atoms with Gasteiger partial charge in [0.05, 0.1) is 6.33 Å². The summed E-state index contributed by atoms with van der Waals surface area (Å²) < 4.78 is 4.87. The number of rotatable bonds is 8. The van der Waals surface area contributed by atoms with E-state index in [0.717, 1.165) is 32.1 Å². The molecule has 1 aliphatic carbocycles. The number of nitrogens with zero attached hydrogens (tertiary/aromatic N) is 4. The lowest BCUT2D eigenvalue weighted by atomic mass is 10.2. The quantitative estimate of drug-likeness (QED) is 0.691. The van der Waals surface area contributed by atoms with Gasteiger partial charge < -0.3 is 9.36 Å². The van der Waals surface area contributed by atoms with Crippen LogP contribution in [0.3, 0.4) is 0 Å². The highest BCUT2D eigenvalue weighted by Gasteiger charge is 2.30. The fraction of sp³-hybridized carbons (Fsp3) is 0.647. The Balaban J connectivity index is 2.01. The molecule has 0 amide bonds. The molecule has 2 aromatic rings. The van der Waals surface area contributed by atoms with E-state index in [4.69, 9.17) is 0 Å². The van der Waals surface area contributed by atoms with E-state index in [1.54, 1.807) is 17.8 Å². The largest absolute Gasteiger partial charge is 0.332 e. The van der Waals surface area contributed by atoms with Gasteiger partial charge in [0, 0.05) is 25.6 Å². The van der Waals surface area contributed by atoms with Gasteiger partial charge in [-0.15, -0.1) is 0 Å². The second kappa shape index (κ2) is 6.75. The third kappa shape index (κ3) is 3.07. The molecule has 3 rings (SSSR count). The lowest BCUT2D eigenvalue weighted by molar-refractivity contribution is -0.117. The molecule has 1 saturated carbocycles. The van der Waals surface area contributed by atoms with Gasteiger partial charge in [-0.2, -0.15) is 0 Å². The Bertz CT molecular complexity index is 870. The van der Waals surface area contributed by atoms with Gasteiger partial charge >= 0.3 is 5.69 Å². The molecule has 24 heavy (non-hydrogen) atoms. The van der Waals surface area contributed by atoms with Crippen LogP contribution in [0.2, 0.25) is 0 Å². The van der Waals surface area contributed by atoms with Crippen LogP contribution in [0.15, 0.2) is 15.9 Å². The molecule has 7 nitrogen and oxygen atoms in total. The average Bonchev–Trinajstić information content (AvgIpc) is 3.28. The second-order valence-corrected chi connectivity index (χ2v) is 6.61. The van der Waals surface area contributed by atoms with Crippen molar-refractivity contribution in [3.05, 3.63) is 27.2 Å². The van der Waals surface area contributed by atoms with Crippen molar-refractivity contribution in [2.45, 2.75) is 71.5 Å².